The van der Waals surface area contributed by atoms with Gasteiger partial charge in [0.05, 0.1) is 6.61 Å². The number of rotatable bonds is 24. The molecule has 1 unspecified atom stereocenters. The fourth-order valence-corrected chi connectivity index (χ4v) is 3.81. The number of hydrogen-bond acceptors (Lipinski definition) is 5. The van der Waals surface area contributed by atoms with Crippen molar-refractivity contribution < 1.29 is 23.8 Å². The minimum atomic E-state index is -0.200. The van der Waals surface area contributed by atoms with Gasteiger partial charge in [-0.3, -0.25) is 9.59 Å². The van der Waals surface area contributed by atoms with E-state index in [1.54, 1.807) is 7.11 Å². The molecule has 5 nitrogen and oxygen atoms in total. The van der Waals surface area contributed by atoms with Gasteiger partial charge in [0.2, 0.25) is 0 Å². The highest BCUT2D eigenvalue weighted by Gasteiger charge is 2.15. The third-order valence-electron chi connectivity index (χ3n) is 5.83. The van der Waals surface area contributed by atoms with Crippen molar-refractivity contribution in [3.8, 4) is 0 Å². The molecule has 0 aromatic rings. The molecule has 0 rings (SSSR count). The molecule has 0 spiro atoms. The summed E-state index contributed by atoms with van der Waals surface area (Å²) < 4.78 is 16.1. The van der Waals surface area contributed by atoms with Crippen LogP contribution in [-0.2, 0) is 23.8 Å². The molecular formula is C27H52O5. The highest BCUT2D eigenvalue weighted by atomic mass is 16.5. The topological polar surface area (TPSA) is 61.8 Å². The third kappa shape index (κ3) is 22.1. The molecule has 0 N–H and O–H groups in total. The molecule has 0 heterocycles. The van der Waals surface area contributed by atoms with Crippen molar-refractivity contribution in [1.29, 1.82) is 0 Å². The number of carbonyl (C=O) groups is 2. The summed E-state index contributed by atoms with van der Waals surface area (Å²) in [5.41, 5.74) is 0. The molecule has 0 amide bonds. The van der Waals surface area contributed by atoms with Crippen LogP contribution in [0.4, 0.5) is 0 Å². The van der Waals surface area contributed by atoms with E-state index < -0.39 is 0 Å². The van der Waals surface area contributed by atoms with Gasteiger partial charge < -0.3 is 14.2 Å². The molecule has 0 radical (unpaired) electrons. The molecule has 0 saturated carbocycles. The van der Waals surface area contributed by atoms with Gasteiger partial charge in [0.1, 0.15) is 6.10 Å². The van der Waals surface area contributed by atoms with Crippen molar-refractivity contribution in [3.05, 3.63) is 0 Å². The van der Waals surface area contributed by atoms with Crippen LogP contribution < -0.4 is 0 Å². The second-order valence-electron chi connectivity index (χ2n) is 9.00. The molecule has 32 heavy (non-hydrogen) atoms. The number of carbonyl (C=O) groups excluding carboxylic acids is 2. The fourth-order valence-electron chi connectivity index (χ4n) is 3.81. The van der Waals surface area contributed by atoms with E-state index in [9.17, 15) is 9.59 Å². The van der Waals surface area contributed by atoms with E-state index >= 15 is 0 Å². The summed E-state index contributed by atoms with van der Waals surface area (Å²) in [6, 6.07) is 0. The molecule has 0 aliphatic heterocycles. The molecule has 0 bridgehead atoms. The summed E-state index contributed by atoms with van der Waals surface area (Å²) in [4.78, 5) is 24.1. The first kappa shape index (κ1) is 30.9. The largest absolute Gasteiger partial charge is 0.466 e. The van der Waals surface area contributed by atoms with Crippen LogP contribution >= 0.6 is 0 Å². The molecule has 0 aliphatic rings. The van der Waals surface area contributed by atoms with Crippen LogP contribution in [0.1, 0.15) is 136 Å². The summed E-state index contributed by atoms with van der Waals surface area (Å²) in [5.74, 6) is -0.400. The first-order valence-corrected chi connectivity index (χ1v) is 13.5. The zero-order chi connectivity index (χ0) is 23.7. The lowest BCUT2D eigenvalue weighted by atomic mass is 10.1. The summed E-state index contributed by atoms with van der Waals surface area (Å²) in [6.45, 7) is 5.62. The Morgan fingerprint density at radius 2 is 1.12 bits per heavy atom. The van der Waals surface area contributed by atoms with Gasteiger partial charge in [-0.15, -0.1) is 0 Å². The molecule has 0 aromatic heterocycles. The van der Waals surface area contributed by atoms with Crippen molar-refractivity contribution in [1.82, 2.24) is 0 Å². The third-order valence-corrected chi connectivity index (χ3v) is 5.83. The van der Waals surface area contributed by atoms with Crippen molar-refractivity contribution in [2.24, 2.45) is 0 Å². The lowest BCUT2D eigenvalue weighted by Crippen LogP contribution is -2.19. The van der Waals surface area contributed by atoms with E-state index in [-0.39, 0.29) is 30.9 Å². The van der Waals surface area contributed by atoms with Gasteiger partial charge >= 0.3 is 11.9 Å². The maximum atomic E-state index is 12.2. The van der Waals surface area contributed by atoms with Gasteiger partial charge in [-0.05, 0) is 38.5 Å². The van der Waals surface area contributed by atoms with Crippen LogP contribution in [0, 0.1) is 0 Å². The SMILES string of the molecule is CCCCCCCCCCCOC(=O)CCCC(=O)OC(CCCCCC)CCCOC. The number of ether oxygens (including phenoxy) is 3. The summed E-state index contributed by atoms with van der Waals surface area (Å²) >= 11 is 0. The summed E-state index contributed by atoms with van der Waals surface area (Å²) in [5, 5.41) is 0. The normalized spacial score (nSPS) is 12.0. The first-order valence-electron chi connectivity index (χ1n) is 13.5. The standard InChI is InChI=1S/C27H52O5/c1-4-6-8-10-11-12-13-14-16-24-31-26(28)21-17-22-27(29)32-25(20-18-23-30-3)19-15-9-7-5-2/h25H,4-24H2,1-3H3. The maximum absolute atomic E-state index is 12.2. The zero-order valence-electron chi connectivity index (χ0n) is 21.5. The van der Waals surface area contributed by atoms with Crippen molar-refractivity contribution >= 4 is 11.9 Å². The predicted octanol–water partition coefficient (Wildman–Crippen LogP) is 7.54. The van der Waals surface area contributed by atoms with Crippen LogP contribution in [-0.4, -0.2) is 38.4 Å². The number of methoxy groups -OCH3 is 1. The van der Waals surface area contributed by atoms with Gasteiger partial charge in [0, 0.05) is 26.6 Å². The minimum Gasteiger partial charge on any atom is -0.466 e. The van der Waals surface area contributed by atoms with Crippen molar-refractivity contribution in [2.45, 2.75) is 142 Å². The zero-order valence-corrected chi connectivity index (χ0v) is 21.5. The van der Waals surface area contributed by atoms with E-state index in [4.69, 9.17) is 14.2 Å². The Bertz CT molecular complexity index is 424. The average Bonchev–Trinajstić information content (AvgIpc) is 2.78. The maximum Gasteiger partial charge on any atom is 0.306 e. The smallest absolute Gasteiger partial charge is 0.306 e. The van der Waals surface area contributed by atoms with Crippen LogP contribution in [0.5, 0.6) is 0 Å². The van der Waals surface area contributed by atoms with E-state index in [0.717, 1.165) is 38.5 Å². The Hall–Kier alpha value is -1.10. The molecule has 0 fully saturated rings. The Labute approximate surface area is 198 Å². The lowest BCUT2D eigenvalue weighted by molar-refractivity contribution is -0.150. The summed E-state index contributed by atoms with van der Waals surface area (Å²) in [7, 11) is 1.69. The molecule has 1 atom stereocenters. The number of hydrogen-bond donors (Lipinski definition) is 0. The van der Waals surface area contributed by atoms with E-state index in [2.05, 4.69) is 13.8 Å². The van der Waals surface area contributed by atoms with Gasteiger partial charge in [0.15, 0.2) is 0 Å². The quantitative estimate of drug-likeness (QED) is 0.111. The van der Waals surface area contributed by atoms with Gasteiger partial charge in [0.25, 0.3) is 0 Å². The second kappa shape index (κ2) is 24.5. The number of esters is 2. The van der Waals surface area contributed by atoms with Gasteiger partial charge in [-0.2, -0.15) is 0 Å². The fraction of sp³-hybridized carbons (Fsp3) is 0.926. The monoisotopic (exact) mass is 456 g/mol. The Morgan fingerprint density at radius 3 is 1.75 bits per heavy atom. The first-order chi connectivity index (χ1) is 15.6. The molecule has 0 saturated heterocycles. The Morgan fingerprint density at radius 1 is 0.594 bits per heavy atom. The lowest BCUT2D eigenvalue weighted by Gasteiger charge is -2.18. The molecule has 0 aliphatic carbocycles. The average molecular weight is 457 g/mol. The van der Waals surface area contributed by atoms with Gasteiger partial charge in [-0.1, -0.05) is 84.5 Å². The Balaban J connectivity index is 3.76. The second-order valence-corrected chi connectivity index (χ2v) is 9.00. The predicted molar refractivity (Wildman–Crippen MR) is 132 cm³/mol. The Kier molecular flexibility index (Phi) is 23.7. The van der Waals surface area contributed by atoms with Crippen LogP contribution in [0.25, 0.3) is 0 Å². The molecular weight excluding hydrogens is 404 g/mol. The molecule has 190 valence electrons. The van der Waals surface area contributed by atoms with Crippen LogP contribution in [0.2, 0.25) is 0 Å². The highest BCUT2D eigenvalue weighted by Crippen LogP contribution is 2.15. The number of unbranched alkanes of at least 4 members (excludes halogenated alkanes) is 11. The van der Waals surface area contributed by atoms with E-state index in [1.807, 2.05) is 0 Å². The van der Waals surface area contributed by atoms with Crippen LogP contribution in [0.15, 0.2) is 0 Å². The van der Waals surface area contributed by atoms with Crippen molar-refractivity contribution in [3.63, 3.8) is 0 Å². The molecule has 0 aromatic carbocycles. The highest BCUT2D eigenvalue weighted by molar-refractivity contribution is 5.72. The summed E-state index contributed by atoms with van der Waals surface area (Å²) in [6.07, 6.45) is 19.6. The van der Waals surface area contributed by atoms with Crippen LogP contribution in [0.3, 0.4) is 0 Å². The van der Waals surface area contributed by atoms with Gasteiger partial charge in [-0.25, -0.2) is 0 Å². The van der Waals surface area contributed by atoms with E-state index in [0.29, 0.717) is 19.6 Å². The molecule has 5 heteroatoms. The van der Waals surface area contributed by atoms with Crippen molar-refractivity contribution in [2.75, 3.05) is 20.3 Å². The minimum absolute atomic E-state index is 0.0342. The van der Waals surface area contributed by atoms with E-state index in [1.165, 1.54) is 64.2 Å².